The Morgan fingerprint density at radius 1 is 1.50 bits per heavy atom. The third-order valence-electron chi connectivity index (χ3n) is 2.44. The molecule has 3 N–H and O–H groups in total. The first kappa shape index (κ1) is 11.8. The summed E-state index contributed by atoms with van der Waals surface area (Å²) in [7, 11) is 3.33. The summed E-state index contributed by atoms with van der Waals surface area (Å²) >= 11 is 0. The molecule has 0 aromatic heterocycles. The van der Waals surface area contributed by atoms with Crippen LogP contribution in [0.2, 0.25) is 0 Å². The van der Waals surface area contributed by atoms with E-state index in [1.54, 1.807) is 14.2 Å². The van der Waals surface area contributed by atoms with E-state index < -0.39 is 0 Å². The maximum atomic E-state index is 5.39. The van der Waals surface area contributed by atoms with Crippen LogP contribution in [-0.2, 0) is 9.47 Å². The highest BCUT2D eigenvalue weighted by molar-refractivity contribution is 4.86. The van der Waals surface area contributed by atoms with Gasteiger partial charge in [0.2, 0.25) is 0 Å². The van der Waals surface area contributed by atoms with Gasteiger partial charge in [0, 0.05) is 14.2 Å². The first-order valence-corrected chi connectivity index (χ1v) is 4.14. The fourth-order valence-electron chi connectivity index (χ4n) is 1.10. The second-order valence-corrected chi connectivity index (χ2v) is 3.04. The first-order chi connectivity index (χ1) is 5.64. The summed E-state index contributed by atoms with van der Waals surface area (Å²) in [6, 6.07) is 0.0255. The average molecular weight is 176 g/mol. The molecule has 0 bridgehead atoms. The van der Waals surface area contributed by atoms with Gasteiger partial charge < -0.3 is 9.47 Å². The highest BCUT2D eigenvalue weighted by Crippen LogP contribution is 2.18. The number of hydrazine groups is 1. The first-order valence-electron chi connectivity index (χ1n) is 4.14. The Balaban J connectivity index is 4.21. The van der Waals surface area contributed by atoms with Crippen molar-refractivity contribution in [2.45, 2.75) is 31.9 Å². The molecule has 0 aromatic carbocycles. The van der Waals surface area contributed by atoms with Crippen LogP contribution < -0.4 is 11.3 Å². The van der Waals surface area contributed by atoms with E-state index in [0.29, 0.717) is 6.61 Å². The standard InChI is InChI=1S/C8H20N2O2/c1-5-8(2,12-4)7(10-9)6-11-3/h7,10H,5-6,9H2,1-4H3. The van der Waals surface area contributed by atoms with Crippen LogP contribution in [0.5, 0.6) is 0 Å². The molecule has 74 valence electrons. The van der Waals surface area contributed by atoms with Crippen molar-refractivity contribution in [3.05, 3.63) is 0 Å². The normalized spacial score (nSPS) is 18.8. The lowest BCUT2D eigenvalue weighted by Crippen LogP contribution is -2.54. The molecule has 2 atom stereocenters. The molecule has 0 saturated carbocycles. The zero-order valence-electron chi connectivity index (χ0n) is 8.39. The molecule has 2 unspecified atom stereocenters. The summed E-state index contributed by atoms with van der Waals surface area (Å²) in [6.45, 7) is 4.62. The second-order valence-electron chi connectivity index (χ2n) is 3.04. The van der Waals surface area contributed by atoms with E-state index in [4.69, 9.17) is 15.3 Å². The van der Waals surface area contributed by atoms with Crippen molar-refractivity contribution < 1.29 is 9.47 Å². The van der Waals surface area contributed by atoms with Gasteiger partial charge in [0.25, 0.3) is 0 Å². The van der Waals surface area contributed by atoms with E-state index >= 15 is 0 Å². The van der Waals surface area contributed by atoms with Crippen LogP contribution in [0, 0.1) is 0 Å². The van der Waals surface area contributed by atoms with Crippen LogP contribution in [0.4, 0.5) is 0 Å². The van der Waals surface area contributed by atoms with Gasteiger partial charge in [0.1, 0.15) is 0 Å². The lowest BCUT2D eigenvalue weighted by atomic mass is 9.94. The van der Waals surface area contributed by atoms with Gasteiger partial charge in [-0.1, -0.05) is 6.92 Å². The van der Waals surface area contributed by atoms with Crippen molar-refractivity contribution in [2.24, 2.45) is 5.84 Å². The maximum absolute atomic E-state index is 5.39. The summed E-state index contributed by atoms with van der Waals surface area (Å²) in [6.07, 6.45) is 0.891. The van der Waals surface area contributed by atoms with Crippen molar-refractivity contribution in [3.63, 3.8) is 0 Å². The quantitative estimate of drug-likeness (QED) is 0.451. The molecule has 0 amide bonds. The molecule has 4 nitrogen and oxygen atoms in total. The highest BCUT2D eigenvalue weighted by Gasteiger charge is 2.31. The minimum Gasteiger partial charge on any atom is -0.383 e. The molecular weight excluding hydrogens is 156 g/mol. The summed E-state index contributed by atoms with van der Waals surface area (Å²) in [5.74, 6) is 5.39. The van der Waals surface area contributed by atoms with Gasteiger partial charge in [-0.2, -0.15) is 0 Å². The van der Waals surface area contributed by atoms with E-state index in [1.165, 1.54) is 0 Å². The number of nitrogens with two attached hydrogens (primary N) is 1. The highest BCUT2D eigenvalue weighted by atomic mass is 16.5. The van der Waals surface area contributed by atoms with Gasteiger partial charge in [-0.05, 0) is 13.3 Å². The maximum Gasteiger partial charge on any atom is 0.0836 e. The number of hydrogen-bond acceptors (Lipinski definition) is 4. The van der Waals surface area contributed by atoms with Crippen molar-refractivity contribution in [1.82, 2.24) is 5.43 Å². The Hall–Kier alpha value is -0.160. The molecule has 0 heterocycles. The van der Waals surface area contributed by atoms with Crippen LogP contribution in [-0.4, -0.2) is 32.5 Å². The molecule has 0 radical (unpaired) electrons. The molecule has 0 saturated heterocycles. The molecular formula is C8H20N2O2. The molecule has 0 aliphatic heterocycles. The van der Waals surface area contributed by atoms with Gasteiger partial charge in [-0.25, -0.2) is 0 Å². The zero-order valence-corrected chi connectivity index (χ0v) is 8.39. The number of nitrogens with one attached hydrogen (secondary N) is 1. The SMILES string of the molecule is CCC(C)(OC)C(COC)NN. The minimum absolute atomic E-state index is 0.0255. The molecule has 12 heavy (non-hydrogen) atoms. The Bertz CT molecular complexity index is 116. The van der Waals surface area contributed by atoms with E-state index in [2.05, 4.69) is 12.3 Å². The zero-order chi connectivity index (χ0) is 9.61. The molecule has 0 aromatic rings. The predicted octanol–water partition coefficient (Wildman–Crippen LogP) is 0.280. The second kappa shape index (κ2) is 5.48. The Morgan fingerprint density at radius 3 is 2.33 bits per heavy atom. The molecule has 0 rings (SSSR count). The van der Waals surface area contributed by atoms with Crippen LogP contribution in [0.25, 0.3) is 0 Å². The molecule has 0 aliphatic rings. The van der Waals surface area contributed by atoms with Crippen molar-refractivity contribution in [2.75, 3.05) is 20.8 Å². The van der Waals surface area contributed by atoms with Crippen molar-refractivity contribution >= 4 is 0 Å². The van der Waals surface area contributed by atoms with Gasteiger partial charge in [0.05, 0.1) is 18.2 Å². The Kier molecular flexibility index (Phi) is 5.41. The summed E-state index contributed by atoms with van der Waals surface area (Å²) in [5.41, 5.74) is 2.44. The third kappa shape index (κ3) is 2.71. The summed E-state index contributed by atoms with van der Waals surface area (Å²) in [5, 5.41) is 0. The summed E-state index contributed by atoms with van der Waals surface area (Å²) < 4.78 is 10.4. The van der Waals surface area contributed by atoms with Crippen LogP contribution in [0.3, 0.4) is 0 Å². The van der Waals surface area contributed by atoms with Crippen LogP contribution >= 0.6 is 0 Å². The topological polar surface area (TPSA) is 56.5 Å². The Morgan fingerprint density at radius 2 is 2.08 bits per heavy atom. The fraction of sp³-hybridized carbons (Fsp3) is 1.00. The van der Waals surface area contributed by atoms with Crippen LogP contribution in [0.15, 0.2) is 0 Å². The molecule has 0 fully saturated rings. The van der Waals surface area contributed by atoms with E-state index in [9.17, 15) is 0 Å². The number of ether oxygens (including phenoxy) is 2. The lowest BCUT2D eigenvalue weighted by Gasteiger charge is -2.34. The van der Waals surface area contributed by atoms with Gasteiger partial charge in [-0.3, -0.25) is 11.3 Å². The predicted molar refractivity (Wildman–Crippen MR) is 48.7 cm³/mol. The molecule has 4 heteroatoms. The number of rotatable bonds is 6. The summed E-state index contributed by atoms with van der Waals surface area (Å²) in [4.78, 5) is 0. The Labute approximate surface area is 74.4 Å². The van der Waals surface area contributed by atoms with Gasteiger partial charge >= 0.3 is 0 Å². The lowest BCUT2D eigenvalue weighted by molar-refractivity contribution is -0.0483. The largest absolute Gasteiger partial charge is 0.383 e. The van der Waals surface area contributed by atoms with Crippen molar-refractivity contribution in [1.29, 1.82) is 0 Å². The third-order valence-corrected chi connectivity index (χ3v) is 2.44. The average Bonchev–Trinajstić information content (AvgIpc) is 2.13. The van der Waals surface area contributed by atoms with E-state index in [1.807, 2.05) is 6.92 Å². The van der Waals surface area contributed by atoms with Gasteiger partial charge in [-0.15, -0.1) is 0 Å². The van der Waals surface area contributed by atoms with E-state index in [0.717, 1.165) is 6.42 Å². The molecule has 0 aliphatic carbocycles. The monoisotopic (exact) mass is 176 g/mol. The fourth-order valence-corrected chi connectivity index (χ4v) is 1.10. The van der Waals surface area contributed by atoms with Crippen molar-refractivity contribution in [3.8, 4) is 0 Å². The van der Waals surface area contributed by atoms with Crippen LogP contribution in [0.1, 0.15) is 20.3 Å². The minimum atomic E-state index is -0.259. The smallest absolute Gasteiger partial charge is 0.0836 e. The number of methoxy groups -OCH3 is 2. The number of hydrogen-bond donors (Lipinski definition) is 2. The molecule has 0 spiro atoms. The van der Waals surface area contributed by atoms with E-state index in [-0.39, 0.29) is 11.6 Å². The van der Waals surface area contributed by atoms with Gasteiger partial charge in [0.15, 0.2) is 0 Å².